The van der Waals surface area contributed by atoms with Crippen LogP contribution in [0.1, 0.15) is 30.3 Å². The Labute approximate surface area is 226 Å². The number of imidazole rings is 2. The average Bonchev–Trinajstić information content (AvgIpc) is 3.72. The van der Waals surface area contributed by atoms with Gasteiger partial charge in [0.25, 0.3) is 0 Å². The number of para-hydroxylation sites is 1. The zero-order valence-corrected chi connectivity index (χ0v) is 21.9. The van der Waals surface area contributed by atoms with E-state index in [1.165, 1.54) is 0 Å². The van der Waals surface area contributed by atoms with Crippen LogP contribution in [0.3, 0.4) is 0 Å². The lowest BCUT2D eigenvalue weighted by Gasteiger charge is -2.27. The van der Waals surface area contributed by atoms with Crippen molar-refractivity contribution in [3.63, 3.8) is 0 Å². The first-order valence-electron chi connectivity index (χ1n) is 13.0. The minimum Gasteiger partial charge on any atom is -0.341 e. The number of hydrogen-bond acceptors (Lipinski definition) is 4. The molecule has 6 rings (SSSR count). The smallest absolute Gasteiger partial charge is 0.215 e. The van der Waals surface area contributed by atoms with Crippen LogP contribution in [0, 0.1) is 0 Å². The highest BCUT2D eigenvalue weighted by Gasteiger charge is 2.28. The lowest BCUT2D eigenvalue weighted by atomic mass is 10.1. The second kappa shape index (κ2) is 10.4. The molecule has 1 amide bonds. The Morgan fingerprint density at radius 2 is 1.79 bits per heavy atom. The quantitative estimate of drug-likeness (QED) is 0.252. The molecule has 8 heteroatoms. The molecule has 0 aliphatic carbocycles. The number of nitrogens with one attached hydrogen (secondary N) is 1. The molecule has 0 spiro atoms. The number of aromatic nitrogens is 6. The van der Waals surface area contributed by atoms with Crippen LogP contribution < -0.4 is 4.90 Å². The third kappa shape index (κ3) is 4.61. The first-order chi connectivity index (χ1) is 19.2. The van der Waals surface area contributed by atoms with Crippen LogP contribution in [0.2, 0.25) is 0 Å². The van der Waals surface area contributed by atoms with Gasteiger partial charge in [0.15, 0.2) is 0 Å². The van der Waals surface area contributed by atoms with Crippen LogP contribution in [0.25, 0.3) is 27.8 Å². The molecule has 0 aliphatic rings. The van der Waals surface area contributed by atoms with E-state index >= 15 is 0 Å². The summed E-state index contributed by atoms with van der Waals surface area (Å²) in [5.74, 6) is 2.51. The molecule has 8 nitrogen and oxygen atoms in total. The highest BCUT2D eigenvalue weighted by molar-refractivity contribution is 5.88. The summed E-state index contributed by atoms with van der Waals surface area (Å²) >= 11 is 0. The number of hydrogen-bond donors (Lipinski definition) is 1. The van der Waals surface area contributed by atoms with Crippen molar-refractivity contribution in [1.29, 1.82) is 0 Å². The second-order valence-corrected chi connectivity index (χ2v) is 9.47. The summed E-state index contributed by atoms with van der Waals surface area (Å²) < 4.78 is 4.17. The van der Waals surface area contributed by atoms with Crippen molar-refractivity contribution < 1.29 is 4.79 Å². The number of aromatic amines is 1. The summed E-state index contributed by atoms with van der Waals surface area (Å²) in [5.41, 5.74) is 4.92. The maximum absolute atomic E-state index is 12.6. The number of carbonyl (C=O) groups excluding carboxylic acids is 1. The van der Waals surface area contributed by atoms with Crippen LogP contribution >= 0.6 is 0 Å². The predicted molar refractivity (Wildman–Crippen MR) is 153 cm³/mol. The van der Waals surface area contributed by atoms with Crippen molar-refractivity contribution in [2.75, 3.05) is 4.90 Å². The molecular weight excluding hydrogens is 486 g/mol. The normalized spacial score (nSPS) is 12.1. The maximum Gasteiger partial charge on any atom is 0.215 e. The van der Waals surface area contributed by atoms with Crippen LogP contribution in [0.15, 0.2) is 97.6 Å². The lowest BCUT2D eigenvalue weighted by molar-refractivity contribution is -0.108. The van der Waals surface area contributed by atoms with E-state index < -0.39 is 0 Å². The molecule has 194 valence electrons. The Morgan fingerprint density at radius 3 is 2.54 bits per heavy atom. The Kier molecular flexibility index (Phi) is 6.50. The third-order valence-electron chi connectivity index (χ3n) is 7.17. The average molecular weight is 516 g/mol. The number of anilines is 1. The topological polar surface area (TPSA) is 84.6 Å². The van der Waals surface area contributed by atoms with Crippen molar-refractivity contribution in [2.45, 2.75) is 25.8 Å². The molecule has 0 aliphatic heterocycles. The fraction of sp³-hybridized carbons (Fsp3) is 0.161. The second-order valence-electron chi connectivity index (χ2n) is 9.47. The Morgan fingerprint density at radius 1 is 0.974 bits per heavy atom. The maximum atomic E-state index is 12.6. The zero-order chi connectivity index (χ0) is 26.8. The zero-order valence-electron chi connectivity index (χ0n) is 21.9. The molecule has 0 saturated carbocycles. The van der Waals surface area contributed by atoms with Gasteiger partial charge >= 0.3 is 0 Å². The van der Waals surface area contributed by atoms with Gasteiger partial charge < -0.3 is 14.1 Å². The van der Waals surface area contributed by atoms with Gasteiger partial charge in [0, 0.05) is 60.8 Å². The fourth-order valence-corrected chi connectivity index (χ4v) is 5.15. The Hall–Kier alpha value is -4.98. The van der Waals surface area contributed by atoms with E-state index in [9.17, 15) is 4.79 Å². The first kappa shape index (κ1) is 24.4. The molecule has 4 aromatic heterocycles. The highest BCUT2D eigenvalue weighted by Crippen LogP contribution is 2.32. The first-order valence-corrected chi connectivity index (χ1v) is 13.0. The van der Waals surface area contributed by atoms with Gasteiger partial charge in [-0.25, -0.2) is 9.97 Å². The van der Waals surface area contributed by atoms with Gasteiger partial charge in [-0.2, -0.15) is 0 Å². The lowest BCUT2D eigenvalue weighted by Crippen LogP contribution is -2.31. The van der Waals surface area contributed by atoms with Crippen LogP contribution in [-0.4, -0.2) is 35.5 Å². The van der Waals surface area contributed by atoms with E-state index in [-0.39, 0.29) is 6.04 Å². The van der Waals surface area contributed by atoms with Gasteiger partial charge in [0.2, 0.25) is 6.41 Å². The molecular formula is C31H29N7O. The van der Waals surface area contributed by atoms with Crippen molar-refractivity contribution in [3.8, 4) is 16.9 Å². The third-order valence-corrected chi connectivity index (χ3v) is 7.17. The molecule has 4 heterocycles. The molecule has 0 radical (unpaired) electrons. The number of benzene rings is 2. The number of nitrogens with zero attached hydrogens (tertiary/aromatic N) is 6. The summed E-state index contributed by atoms with van der Waals surface area (Å²) in [7, 11) is 2.00. The SMILES string of the molecule is CCc1nccn1-c1ccc(-c2cnc(C(Cc3ccccn3)N(C=O)c3cc4ccccc4[nH]3)n2C)cc1. The monoisotopic (exact) mass is 515 g/mol. The predicted octanol–water partition coefficient (Wildman–Crippen LogP) is 5.66. The minimum atomic E-state index is -0.374. The molecule has 1 N–H and O–H groups in total. The van der Waals surface area contributed by atoms with E-state index in [1.54, 1.807) is 11.1 Å². The fourth-order valence-electron chi connectivity index (χ4n) is 5.15. The van der Waals surface area contributed by atoms with E-state index in [0.29, 0.717) is 12.2 Å². The summed E-state index contributed by atoms with van der Waals surface area (Å²) in [6.45, 7) is 2.10. The Bertz CT molecular complexity index is 1680. The summed E-state index contributed by atoms with van der Waals surface area (Å²) in [4.78, 5) is 31.6. The van der Waals surface area contributed by atoms with Gasteiger partial charge in [0.1, 0.15) is 23.5 Å². The van der Waals surface area contributed by atoms with E-state index in [2.05, 4.69) is 55.3 Å². The molecule has 6 aromatic rings. The molecule has 1 unspecified atom stereocenters. The number of carbonyl (C=O) groups is 1. The van der Waals surface area contributed by atoms with Crippen LogP contribution in [-0.2, 0) is 24.7 Å². The number of H-pyrrole nitrogens is 1. The Balaban J connectivity index is 1.38. The van der Waals surface area contributed by atoms with Crippen molar-refractivity contribution in [1.82, 2.24) is 29.1 Å². The van der Waals surface area contributed by atoms with Gasteiger partial charge in [-0.3, -0.25) is 14.7 Å². The number of rotatable bonds is 9. The van der Waals surface area contributed by atoms with Crippen molar-refractivity contribution in [3.05, 3.63) is 115 Å². The highest BCUT2D eigenvalue weighted by atomic mass is 16.1. The van der Waals surface area contributed by atoms with Gasteiger partial charge in [-0.05, 0) is 42.0 Å². The van der Waals surface area contributed by atoms with Gasteiger partial charge in [-0.1, -0.05) is 43.3 Å². The molecule has 0 saturated heterocycles. The summed E-state index contributed by atoms with van der Waals surface area (Å²) in [5, 5.41) is 1.04. The van der Waals surface area contributed by atoms with Crippen molar-refractivity contribution >= 4 is 23.1 Å². The van der Waals surface area contributed by atoms with E-state index in [4.69, 9.17) is 4.98 Å². The molecule has 0 fully saturated rings. The number of fused-ring (bicyclic) bond motifs is 1. The number of amides is 1. The van der Waals surface area contributed by atoms with E-state index in [0.717, 1.165) is 58.0 Å². The standard InChI is InChI=1S/C31H29N7O/c1-3-29-33-16-17-37(29)25-13-11-22(12-14-25)28-20-34-31(36(28)2)27(19-24-9-6-7-15-32-24)38(21-39)30-18-23-8-4-5-10-26(23)35-30/h4-18,20-21,27,35H,3,19H2,1-2H3. The number of aryl methyl sites for hydroxylation is 1. The van der Waals surface area contributed by atoms with E-state index in [1.807, 2.05) is 74.2 Å². The summed E-state index contributed by atoms with van der Waals surface area (Å²) in [6.07, 6.45) is 9.70. The molecule has 0 bridgehead atoms. The van der Waals surface area contributed by atoms with Gasteiger partial charge in [-0.15, -0.1) is 0 Å². The molecule has 39 heavy (non-hydrogen) atoms. The molecule has 2 aromatic carbocycles. The summed E-state index contributed by atoms with van der Waals surface area (Å²) in [6, 6.07) is 23.8. The van der Waals surface area contributed by atoms with Crippen LogP contribution in [0.4, 0.5) is 5.82 Å². The van der Waals surface area contributed by atoms with Gasteiger partial charge in [0.05, 0.1) is 11.9 Å². The minimum absolute atomic E-state index is 0.374. The van der Waals surface area contributed by atoms with Crippen LogP contribution in [0.5, 0.6) is 0 Å². The van der Waals surface area contributed by atoms with Crippen molar-refractivity contribution in [2.24, 2.45) is 7.05 Å². The largest absolute Gasteiger partial charge is 0.341 e. The molecule has 1 atom stereocenters. The number of pyridine rings is 1.